The van der Waals surface area contributed by atoms with Gasteiger partial charge in [0, 0.05) is 16.1 Å². The number of rotatable bonds is 5. The second kappa shape index (κ2) is 8.68. The van der Waals surface area contributed by atoms with E-state index in [0.717, 1.165) is 10.4 Å². The van der Waals surface area contributed by atoms with Crippen molar-refractivity contribution in [1.29, 1.82) is 0 Å². The summed E-state index contributed by atoms with van der Waals surface area (Å²) >= 11 is 7.53. The quantitative estimate of drug-likeness (QED) is 0.309. The summed E-state index contributed by atoms with van der Waals surface area (Å²) in [5.74, 6) is -0.779. The van der Waals surface area contributed by atoms with Crippen LogP contribution in [0.4, 0.5) is 5.69 Å². The number of aryl methyl sites for hydroxylation is 1. The minimum absolute atomic E-state index is 0.0146. The van der Waals surface area contributed by atoms with Crippen molar-refractivity contribution in [2.75, 3.05) is 19.1 Å². The van der Waals surface area contributed by atoms with Crippen LogP contribution in [0.15, 0.2) is 59.5 Å². The van der Waals surface area contributed by atoms with Crippen molar-refractivity contribution >= 4 is 46.1 Å². The summed E-state index contributed by atoms with van der Waals surface area (Å²) in [4.78, 5) is 28.5. The van der Waals surface area contributed by atoms with Crippen molar-refractivity contribution in [2.24, 2.45) is 0 Å². The molecule has 164 valence electrons. The Hall–Kier alpha value is -3.29. The Morgan fingerprint density at radius 3 is 2.38 bits per heavy atom. The molecule has 0 radical (unpaired) electrons. The molecule has 1 N–H and O–H groups in total. The van der Waals surface area contributed by atoms with Crippen LogP contribution < -0.4 is 14.4 Å². The molecule has 1 unspecified atom stereocenters. The summed E-state index contributed by atoms with van der Waals surface area (Å²) in [6.07, 6.45) is 0. The number of ketones is 1. The zero-order chi connectivity index (χ0) is 23.0. The van der Waals surface area contributed by atoms with Crippen LogP contribution in [0.25, 0.3) is 5.76 Å². The Balaban J connectivity index is 1.92. The first kappa shape index (κ1) is 21.9. The minimum Gasteiger partial charge on any atom is -0.507 e. The van der Waals surface area contributed by atoms with Gasteiger partial charge >= 0.3 is 0 Å². The van der Waals surface area contributed by atoms with Crippen molar-refractivity contribution in [3.05, 3.63) is 80.5 Å². The van der Waals surface area contributed by atoms with Crippen LogP contribution in [0.5, 0.6) is 11.5 Å². The third kappa shape index (κ3) is 3.63. The normalized spacial score (nSPS) is 17.6. The van der Waals surface area contributed by atoms with Gasteiger partial charge in [-0.1, -0.05) is 11.6 Å². The molecule has 0 spiro atoms. The number of thiophene rings is 1. The number of methoxy groups -OCH3 is 2. The fourth-order valence-corrected chi connectivity index (χ4v) is 4.94. The predicted molar refractivity (Wildman–Crippen MR) is 125 cm³/mol. The lowest BCUT2D eigenvalue weighted by Crippen LogP contribution is -2.29. The summed E-state index contributed by atoms with van der Waals surface area (Å²) in [7, 11) is 3.01. The summed E-state index contributed by atoms with van der Waals surface area (Å²) in [6.45, 7) is 1.91. The van der Waals surface area contributed by atoms with Gasteiger partial charge in [0.25, 0.3) is 11.7 Å². The summed E-state index contributed by atoms with van der Waals surface area (Å²) in [6, 6.07) is 12.7. The van der Waals surface area contributed by atoms with E-state index in [-0.39, 0.29) is 11.3 Å². The Morgan fingerprint density at radius 2 is 1.78 bits per heavy atom. The Kier molecular flexibility index (Phi) is 5.95. The molecule has 8 heteroatoms. The number of ether oxygens (including phenoxy) is 2. The number of hydrogen-bond acceptors (Lipinski definition) is 6. The number of carbonyl (C=O) groups is 2. The first-order valence-corrected chi connectivity index (χ1v) is 11.0. The number of amides is 1. The molecule has 2 heterocycles. The molecule has 4 rings (SSSR count). The first-order chi connectivity index (χ1) is 15.4. The molecule has 1 amide bonds. The molecular weight excluding hydrogens is 450 g/mol. The predicted octanol–water partition coefficient (Wildman–Crippen LogP) is 5.35. The lowest BCUT2D eigenvalue weighted by Gasteiger charge is -2.25. The molecule has 0 bridgehead atoms. The lowest BCUT2D eigenvalue weighted by molar-refractivity contribution is -0.132. The Morgan fingerprint density at radius 1 is 1.06 bits per heavy atom. The highest BCUT2D eigenvalue weighted by Crippen LogP contribution is 2.45. The second-order valence-corrected chi connectivity index (χ2v) is 8.54. The molecule has 1 saturated heterocycles. The number of carbonyl (C=O) groups excluding carboxylic acids is 2. The Labute approximate surface area is 194 Å². The molecule has 1 fully saturated rings. The number of benzene rings is 2. The molecule has 6 nitrogen and oxygen atoms in total. The molecule has 1 aliphatic rings. The largest absolute Gasteiger partial charge is 0.507 e. The van der Waals surface area contributed by atoms with Gasteiger partial charge in [0.05, 0.1) is 24.8 Å². The SMILES string of the molecule is COc1ccc(N2C(=O)C(=O)/C(=C(\O)c3ccc(Cl)c(OC)c3)C2c2sccc2C)cc1. The molecule has 1 atom stereocenters. The van der Waals surface area contributed by atoms with E-state index in [1.807, 2.05) is 18.4 Å². The molecule has 0 aliphatic carbocycles. The molecule has 0 saturated carbocycles. The highest BCUT2D eigenvalue weighted by molar-refractivity contribution is 7.10. The van der Waals surface area contributed by atoms with Crippen LogP contribution in [0, 0.1) is 6.92 Å². The highest BCUT2D eigenvalue weighted by atomic mass is 35.5. The van der Waals surface area contributed by atoms with Gasteiger partial charge in [0.2, 0.25) is 0 Å². The van der Waals surface area contributed by atoms with Gasteiger partial charge in [-0.2, -0.15) is 0 Å². The number of nitrogens with zero attached hydrogens (tertiary/aromatic N) is 1. The van der Waals surface area contributed by atoms with E-state index in [0.29, 0.717) is 27.8 Å². The van der Waals surface area contributed by atoms with Crippen LogP contribution >= 0.6 is 22.9 Å². The van der Waals surface area contributed by atoms with Crippen LogP contribution in [0.3, 0.4) is 0 Å². The maximum absolute atomic E-state index is 13.2. The van der Waals surface area contributed by atoms with Crippen molar-refractivity contribution in [1.82, 2.24) is 0 Å². The van der Waals surface area contributed by atoms with E-state index in [9.17, 15) is 14.7 Å². The number of hydrogen-bond donors (Lipinski definition) is 1. The van der Waals surface area contributed by atoms with E-state index in [1.165, 1.54) is 29.4 Å². The van der Waals surface area contributed by atoms with E-state index < -0.39 is 17.7 Å². The van der Waals surface area contributed by atoms with E-state index in [2.05, 4.69) is 0 Å². The average molecular weight is 470 g/mol. The summed E-state index contributed by atoms with van der Waals surface area (Å²) < 4.78 is 10.4. The Bertz CT molecular complexity index is 1230. The standard InChI is InChI=1S/C24H20ClNO5S/c1-13-10-11-32-23(13)20-19(21(27)14-4-9-17(25)18(12-14)31-3)22(28)24(29)26(20)15-5-7-16(30-2)8-6-15/h4-12,20,27H,1-3H3/b21-19-. The van der Waals surface area contributed by atoms with Gasteiger partial charge in [-0.3, -0.25) is 14.5 Å². The van der Waals surface area contributed by atoms with Gasteiger partial charge in [0.15, 0.2) is 0 Å². The van der Waals surface area contributed by atoms with Crippen LogP contribution in [-0.4, -0.2) is 31.0 Å². The van der Waals surface area contributed by atoms with Crippen LogP contribution in [0.2, 0.25) is 5.02 Å². The zero-order valence-corrected chi connectivity index (χ0v) is 19.2. The number of halogens is 1. The zero-order valence-electron chi connectivity index (χ0n) is 17.6. The second-order valence-electron chi connectivity index (χ2n) is 7.18. The van der Waals surface area contributed by atoms with Crippen molar-refractivity contribution < 1.29 is 24.2 Å². The third-order valence-corrected chi connectivity index (χ3v) is 6.75. The third-order valence-electron chi connectivity index (χ3n) is 5.37. The van der Waals surface area contributed by atoms with E-state index in [4.69, 9.17) is 21.1 Å². The summed E-state index contributed by atoms with van der Waals surface area (Å²) in [5, 5.41) is 13.5. The molecule has 32 heavy (non-hydrogen) atoms. The molecule has 3 aromatic rings. The fourth-order valence-electron chi connectivity index (χ4n) is 3.72. The van der Waals surface area contributed by atoms with Crippen molar-refractivity contribution in [3.8, 4) is 11.5 Å². The number of Topliss-reactive ketones (excluding diaryl/α,β-unsaturated/α-hetero) is 1. The van der Waals surface area contributed by atoms with E-state index >= 15 is 0 Å². The van der Waals surface area contributed by atoms with Crippen molar-refractivity contribution in [2.45, 2.75) is 13.0 Å². The smallest absolute Gasteiger partial charge is 0.300 e. The molecular formula is C24H20ClNO5S. The van der Waals surface area contributed by atoms with Gasteiger partial charge in [-0.15, -0.1) is 11.3 Å². The summed E-state index contributed by atoms with van der Waals surface area (Å²) in [5.41, 5.74) is 1.79. The fraction of sp³-hybridized carbons (Fsp3) is 0.167. The maximum atomic E-state index is 13.2. The van der Waals surface area contributed by atoms with Crippen LogP contribution in [-0.2, 0) is 9.59 Å². The van der Waals surface area contributed by atoms with Gasteiger partial charge in [0.1, 0.15) is 23.3 Å². The monoisotopic (exact) mass is 469 g/mol. The average Bonchev–Trinajstić information content (AvgIpc) is 3.34. The van der Waals surface area contributed by atoms with E-state index in [1.54, 1.807) is 43.5 Å². The van der Waals surface area contributed by atoms with Gasteiger partial charge in [-0.25, -0.2) is 0 Å². The first-order valence-electron chi connectivity index (χ1n) is 9.70. The van der Waals surface area contributed by atoms with Gasteiger partial charge < -0.3 is 14.6 Å². The molecule has 1 aromatic heterocycles. The van der Waals surface area contributed by atoms with Gasteiger partial charge in [-0.05, 0) is 66.4 Å². The minimum atomic E-state index is -0.773. The molecule has 2 aromatic carbocycles. The van der Waals surface area contributed by atoms with Crippen molar-refractivity contribution in [3.63, 3.8) is 0 Å². The number of anilines is 1. The molecule has 1 aliphatic heterocycles. The number of aliphatic hydroxyl groups excluding tert-OH is 1. The topological polar surface area (TPSA) is 76.1 Å². The number of aliphatic hydroxyl groups is 1. The highest BCUT2D eigenvalue weighted by Gasteiger charge is 2.48. The van der Waals surface area contributed by atoms with Crippen LogP contribution in [0.1, 0.15) is 22.0 Å². The maximum Gasteiger partial charge on any atom is 0.300 e. The lowest BCUT2D eigenvalue weighted by atomic mass is 9.98.